The van der Waals surface area contributed by atoms with Crippen LogP contribution >= 0.6 is 11.3 Å². The minimum absolute atomic E-state index is 0.0352. The van der Waals surface area contributed by atoms with Crippen LogP contribution in [-0.4, -0.2) is 32.0 Å². The molecule has 0 bridgehead atoms. The number of carbonyl (C=O) groups excluding carboxylic acids is 1. The molecule has 0 spiro atoms. The molecule has 0 atom stereocenters. The van der Waals surface area contributed by atoms with Crippen molar-refractivity contribution in [2.24, 2.45) is 0 Å². The Morgan fingerprint density at radius 2 is 2.12 bits per heavy atom. The number of rotatable bonds is 8. The van der Waals surface area contributed by atoms with Gasteiger partial charge in [-0.25, -0.2) is 18.1 Å². The number of carbonyl (C=O) groups is 1. The van der Waals surface area contributed by atoms with Crippen LogP contribution in [-0.2, 0) is 21.4 Å². The van der Waals surface area contributed by atoms with Gasteiger partial charge in [0.15, 0.2) is 0 Å². The van der Waals surface area contributed by atoms with Crippen molar-refractivity contribution in [3.05, 3.63) is 41.4 Å². The molecule has 0 unspecified atom stereocenters. The summed E-state index contributed by atoms with van der Waals surface area (Å²) in [5.74, 6) is 0.0152. The molecule has 1 amide bonds. The monoisotopic (exact) mass is 369 g/mol. The van der Waals surface area contributed by atoms with Crippen LogP contribution in [0.1, 0.15) is 19.4 Å². The maximum Gasteiger partial charge on any atom is 0.250 e. The second-order valence-electron chi connectivity index (χ2n) is 5.17. The first-order chi connectivity index (χ1) is 11.4. The molecular weight excluding hydrogens is 350 g/mol. The molecule has 2 aromatic heterocycles. The first kappa shape index (κ1) is 18.4. The number of nitrogens with zero attached hydrogens (tertiary/aromatic N) is 1. The number of aromatic nitrogens is 1. The number of ether oxygens (including phenoxy) is 1. The third-order valence-corrected chi connectivity index (χ3v) is 5.65. The largest absolute Gasteiger partial charge is 0.475 e. The number of pyridine rings is 1. The molecule has 2 aromatic rings. The number of amides is 1. The maximum atomic E-state index is 11.9. The topological polar surface area (TPSA) is 97.4 Å². The predicted octanol–water partition coefficient (Wildman–Crippen LogP) is 1.52. The zero-order valence-electron chi connectivity index (χ0n) is 13.4. The van der Waals surface area contributed by atoms with Gasteiger partial charge in [-0.15, -0.1) is 11.3 Å². The summed E-state index contributed by atoms with van der Waals surface area (Å²) in [5, 5.41) is 4.31. The van der Waals surface area contributed by atoms with Crippen molar-refractivity contribution in [1.82, 2.24) is 15.0 Å². The minimum atomic E-state index is -3.65. The highest BCUT2D eigenvalue weighted by Gasteiger charge is 2.16. The van der Waals surface area contributed by atoms with Gasteiger partial charge in [0, 0.05) is 18.3 Å². The second kappa shape index (κ2) is 8.22. The van der Waals surface area contributed by atoms with Gasteiger partial charge in [-0.05, 0) is 31.4 Å². The van der Waals surface area contributed by atoms with Gasteiger partial charge < -0.3 is 10.1 Å². The Morgan fingerprint density at radius 3 is 2.79 bits per heavy atom. The summed E-state index contributed by atoms with van der Waals surface area (Å²) >= 11 is 1.09. The third kappa shape index (κ3) is 5.29. The van der Waals surface area contributed by atoms with Crippen molar-refractivity contribution in [3.8, 4) is 5.88 Å². The molecule has 7 nitrogen and oxygen atoms in total. The molecule has 2 N–H and O–H groups in total. The van der Waals surface area contributed by atoms with Gasteiger partial charge >= 0.3 is 0 Å². The number of sulfonamides is 1. The smallest absolute Gasteiger partial charge is 0.250 e. The summed E-state index contributed by atoms with van der Waals surface area (Å²) in [5.41, 5.74) is 0.723. The number of hydrogen-bond acceptors (Lipinski definition) is 6. The molecule has 0 aliphatic heterocycles. The summed E-state index contributed by atoms with van der Waals surface area (Å²) in [6, 6.07) is 6.66. The lowest BCUT2D eigenvalue weighted by Gasteiger charge is -2.13. The average Bonchev–Trinajstić information content (AvgIpc) is 3.07. The summed E-state index contributed by atoms with van der Waals surface area (Å²) in [6.45, 7) is 3.64. The van der Waals surface area contributed by atoms with Crippen molar-refractivity contribution >= 4 is 27.3 Å². The molecule has 2 heterocycles. The molecule has 24 heavy (non-hydrogen) atoms. The van der Waals surface area contributed by atoms with E-state index in [-0.39, 0.29) is 23.4 Å². The summed E-state index contributed by atoms with van der Waals surface area (Å²) in [6.07, 6.45) is 1.57. The van der Waals surface area contributed by atoms with Crippen LogP contribution in [0.2, 0.25) is 0 Å². The normalized spacial score (nSPS) is 11.5. The lowest BCUT2D eigenvalue weighted by atomic mass is 10.2. The molecule has 0 aliphatic rings. The average molecular weight is 369 g/mol. The van der Waals surface area contributed by atoms with Crippen molar-refractivity contribution in [3.63, 3.8) is 0 Å². The van der Waals surface area contributed by atoms with Crippen LogP contribution in [0.5, 0.6) is 5.88 Å². The van der Waals surface area contributed by atoms with E-state index in [0.29, 0.717) is 5.88 Å². The highest BCUT2D eigenvalue weighted by atomic mass is 32.2. The van der Waals surface area contributed by atoms with Gasteiger partial charge in [0.2, 0.25) is 11.8 Å². The minimum Gasteiger partial charge on any atom is -0.475 e. The highest BCUT2D eigenvalue weighted by Crippen LogP contribution is 2.16. The van der Waals surface area contributed by atoms with Crippen molar-refractivity contribution in [2.45, 2.75) is 30.7 Å². The van der Waals surface area contributed by atoms with E-state index in [9.17, 15) is 13.2 Å². The van der Waals surface area contributed by atoms with Crippen LogP contribution < -0.4 is 14.8 Å². The summed E-state index contributed by atoms with van der Waals surface area (Å²) < 4.78 is 31.9. The Balaban J connectivity index is 1.88. The van der Waals surface area contributed by atoms with E-state index in [1.807, 2.05) is 13.8 Å². The van der Waals surface area contributed by atoms with Crippen molar-refractivity contribution in [2.75, 3.05) is 6.54 Å². The van der Waals surface area contributed by atoms with Crippen molar-refractivity contribution < 1.29 is 17.9 Å². The number of hydrogen-bond donors (Lipinski definition) is 2. The van der Waals surface area contributed by atoms with E-state index in [0.717, 1.165) is 16.9 Å². The van der Waals surface area contributed by atoms with Gasteiger partial charge in [-0.2, -0.15) is 0 Å². The quantitative estimate of drug-likeness (QED) is 0.735. The molecule has 0 saturated heterocycles. The van der Waals surface area contributed by atoms with Crippen LogP contribution in [0.4, 0.5) is 0 Å². The molecule has 2 rings (SSSR count). The van der Waals surface area contributed by atoms with Gasteiger partial charge in [0.05, 0.1) is 12.6 Å². The standard InChI is InChI=1S/C15H19N3O4S2/c1-11(2)22-15-12(5-3-7-16-15)9-17-13(19)10-18-24(20,21)14-6-4-8-23-14/h3-8,11,18H,9-10H2,1-2H3,(H,17,19). The number of thiophene rings is 1. The summed E-state index contributed by atoms with van der Waals surface area (Å²) in [4.78, 5) is 16.0. The lowest BCUT2D eigenvalue weighted by Crippen LogP contribution is -2.36. The van der Waals surface area contributed by atoms with Crippen LogP contribution in [0.25, 0.3) is 0 Å². The van der Waals surface area contributed by atoms with Crippen LogP contribution in [0, 0.1) is 0 Å². The van der Waals surface area contributed by atoms with E-state index < -0.39 is 15.9 Å². The molecular formula is C15H19N3O4S2. The summed E-state index contributed by atoms with van der Waals surface area (Å²) in [7, 11) is -3.65. The van der Waals surface area contributed by atoms with E-state index in [1.165, 1.54) is 6.07 Å². The first-order valence-electron chi connectivity index (χ1n) is 7.29. The lowest BCUT2D eigenvalue weighted by molar-refractivity contribution is -0.120. The zero-order valence-corrected chi connectivity index (χ0v) is 15.0. The fourth-order valence-corrected chi connectivity index (χ4v) is 3.81. The van der Waals surface area contributed by atoms with Gasteiger partial charge in [-0.3, -0.25) is 4.79 Å². The SMILES string of the molecule is CC(C)Oc1ncccc1CNC(=O)CNS(=O)(=O)c1cccs1. The number of nitrogens with one attached hydrogen (secondary N) is 2. The second-order valence-corrected chi connectivity index (χ2v) is 8.11. The zero-order chi connectivity index (χ0) is 17.6. The maximum absolute atomic E-state index is 11.9. The fourth-order valence-electron chi connectivity index (χ4n) is 1.79. The Kier molecular flexibility index (Phi) is 6.29. The van der Waals surface area contributed by atoms with Gasteiger partial charge in [0.1, 0.15) is 4.21 Å². The third-order valence-electron chi connectivity index (χ3n) is 2.86. The van der Waals surface area contributed by atoms with E-state index >= 15 is 0 Å². The Hall–Kier alpha value is -1.97. The van der Waals surface area contributed by atoms with Gasteiger partial charge in [0.25, 0.3) is 10.0 Å². The molecule has 0 radical (unpaired) electrons. The molecule has 0 aromatic carbocycles. The highest BCUT2D eigenvalue weighted by molar-refractivity contribution is 7.91. The van der Waals surface area contributed by atoms with Crippen LogP contribution in [0.15, 0.2) is 40.1 Å². The fraction of sp³-hybridized carbons (Fsp3) is 0.333. The van der Waals surface area contributed by atoms with E-state index in [4.69, 9.17) is 4.74 Å². The molecule has 0 fully saturated rings. The molecule has 0 aliphatic carbocycles. The first-order valence-corrected chi connectivity index (χ1v) is 9.65. The Bertz CT molecular complexity index is 774. The molecule has 130 valence electrons. The van der Waals surface area contributed by atoms with Gasteiger partial charge in [-0.1, -0.05) is 12.1 Å². The molecule has 9 heteroatoms. The van der Waals surface area contributed by atoms with Crippen LogP contribution in [0.3, 0.4) is 0 Å². The molecule has 0 saturated carbocycles. The van der Waals surface area contributed by atoms with Crippen molar-refractivity contribution in [1.29, 1.82) is 0 Å². The Labute approximate surface area is 145 Å². The van der Waals surface area contributed by atoms with E-state index in [1.54, 1.807) is 29.8 Å². The Morgan fingerprint density at radius 1 is 1.33 bits per heavy atom. The predicted molar refractivity (Wildman–Crippen MR) is 91.4 cm³/mol. The van der Waals surface area contributed by atoms with E-state index in [2.05, 4.69) is 15.0 Å².